The summed E-state index contributed by atoms with van der Waals surface area (Å²) in [5.74, 6) is -2.42. The molecule has 0 atom stereocenters. The monoisotopic (exact) mass is 346 g/mol. The SMILES string of the molecule is O=C(NCc1ccc(-c2ccco2)o1)C(=O)Nc1ccc(F)cc1F. The highest BCUT2D eigenvalue weighted by Crippen LogP contribution is 2.22. The lowest BCUT2D eigenvalue weighted by Crippen LogP contribution is -2.35. The van der Waals surface area contributed by atoms with Crippen molar-refractivity contribution in [2.75, 3.05) is 5.32 Å². The number of hydrogen-bond acceptors (Lipinski definition) is 4. The fourth-order valence-electron chi connectivity index (χ4n) is 2.04. The summed E-state index contributed by atoms with van der Waals surface area (Å²) in [4.78, 5) is 23.5. The maximum atomic E-state index is 13.5. The van der Waals surface area contributed by atoms with Gasteiger partial charge in [0.25, 0.3) is 0 Å². The molecule has 2 N–H and O–H groups in total. The molecule has 0 aliphatic rings. The summed E-state index contributed by atoms with van der Waals surface area (Å²) in [5.41, 5.74) is -0.292. The first-order chi connectivity index (χ1) is 12.0. The van der Waals surface area contributed by atoms with Crippen LogP contribution in [0.2, 0.25) is 0 Å². The van der Waals surface area contributed by atoms with Crippen LogP contribution in [0.25, 0.3) is 11.5 Å². The van der Waals surface area contributed by atoms with Crippen LogP contribution in [0.3, 0.4) is 0 Å². The Morgan fingerprint density at radius 1 is 1.00 bits per heavy atom. The minimum atomic E-state index is -1.08. The van der Waals surface area contributed by atoms with E-state index in [-0.39, 0.29) is 12.2 Å². The minimum Gasteiger partial charge on any atom is -0.461 e. The first kappa shape index (κ1) is 16.4. The summed E-state index contributed by atoms with van der Waals surface area (Å²) < 4.78 is 36.9. The highest BCUT2D eigenvalue weighted by Gasteiger charge is 2.16. The first-order valence-corrected chi connectivity index (χ1v) is 7.20. The van der Waals surface area contributed by atoms with E-state index >= 15 is 0 Å². The number of halogens is 2. The van der Waals surface area contributed by atoms with Crippen LogP contribution in [0.4, 0.5) is 14.5 Å². The van der Waals surface area contributed by atoms with E-state index in [0.29, 0.717) is 23.3 Å². The van der Waals surface area contributed by atoms with Crippen LogP contribution >= 0.6 is 0 Å². The summed E-state index contributed by atoms with van der Waals surface area (Å²) in [5, 5.41) is 4.40. The summed E-state index contributed by atoms with van der Waals surface area (Å²) >= 11 is 0. The third kappa shape index (κ3) is 3.92. The number of carbonyl (C=O) groups excluding carboxylic acids is 2. The van der Waals surface area contributed by atoms with Crippen LogP contribution in [0.1, 0.15) is 5.76 Å². The first-order valence-electron chi connectivity index (χ1n) is 7.20. The van der Waals surface area contributed by atoms with Gasteiger partial charge in [-0.15, -0.1) is 0 Å². The van der Waals surface area contributed by atoms with E-state index in [4.69, 9.17) is 8.83 Å². The Hall–Kier alpha value is -3.42. The van der Waals surface area contributed by atoms with Crippen molar-refractivity contribution in [2.24, 2.45) is 0 Å². The molecule has 0 fully saturated rings. The maximum absolute atomic E-state index is 13.5. The second-order valence-electron chi connectivity index (χ2n) is 5.00. The third-order valence-electron chi connectivity index (χ3n) is 3.23. The second-order valence-corrected chi connectivity index (χ2v) is 5.00. The number of carbonyl (C=O) groups is 2. The molecule has 0 spiro atoms. The molecule has 1 aromatic carbocycles. The van der Waals surface area contributed by atoms with Crippen LogP contribution in [0.5, 0.6) is 0 Å². The third-order valence-corrected chi connectivity index (χ3v) is 3.23. The van der Waals surface area contributed by atoms with Gasteiger partial charge in [0.05, 0.1) is 18.5 Å². The average Bonchev–Trinajstić information content (AvgIpc) is 3.26. The Morgan fingerprint density at radius 3 is 2.56 bits per heavy atom. The molecule has 2 heterocycles. The molecule has 3 rings (SSSR count). The molecule has 8 heteroatoms. The lowest BCUT2D eigenvalue weighted by Gasteiger charge is -2.06. The largest absolute Gasteiger partial charge is 0.461 e. The number of rotatable bonds is 4. The molecular formula is C17H12F2N2O4. The highest BCUT2D eigenvalue weighted by molar-refractivity contribution is 6.39. The van der Waals surface area contributed by atoms with Gasteiger partial charge in [0.15, 0.2) is 11.5 Å². The molecule has 0 saturated heterocycles. The second kappa shape index (κ2) is 7.00. The van der Waals surface area contributed by atoms with Crippen LogP contribution in [-0.2, 0) is 16.1 Å². The van der Waals surface area contributed by atoms with Crippen LogP contribution in [0, 0.1) is 11.6 Å². The normalized spacial score (nSPS) is 10.5. The van der Waals surface area contributed by atoms with Crippen LogP contribution in [-0.4, -0.2) is 11.8 Å². The van der Waals surface area contributed by atoms with E-state index < -0.39 is 23.4 Å². The van der Waals surface area contributed by atoms with E-state index in [1.807, 2.05) is 0 Å². The Kier molecular flexibility index (Phi) is 4.60. The Labute approximate surface area is 140 Å². The zero-order chi connectivity index (χ0) is 17.8. The smallest absolute Gasteiger partial charge is 0.313 e. The van der Waals surface area contributed by atoms with Crippen molar-refractivity contribution in [3.05, 3.63) is 66.1 Å². The van der Waals surface area contributed by atoms with Gasteiger partial charge < -0.3 is 19.5 Å². The van der Waals surface area contributed by atoms with Crippen molar-refractivity contribution in [2.45, 2.75) is 6.54 Å². The van der Waals surface area contributed by atoms with Crippen LogP contribution < -0.4 is 10.6 Å². The summed E-state index contributed by atoms with van der Waals surface area (Å²) in [6.07, 6.45) is 1.50. The molecule has 2 aromatic heterocycles. The molecule has 0 radical (unpaired) electrons. The van der Waals surface area contributed by atoms with E-state index in [0.717, 1.165) is 12.1 Å². The van der Waals surface area contributed by atoms with Crippen molar-refractivity contribution in [1.82, 2.24) is 5.32 Å². The fraction of sp³-hybridized carbons (Fsp3) is 0.0588. The number of furan rings is 2. The Bertz CT molecular complexity index is 903. The molecule has 2 amide bonds. The minimum absolute atomic E-state index is 0.0428. The van der Waals surface area contributed by atoms with Crippen molar-refractivity contribution >= 4 is 17.5 Å². The van der Waals surface area contributed by atoms with Crippen molar-refractivity contribution in [1.29, 1.82) is 0 Å². The van der Waals surface area contributed by atoms with E-state index in [9.17, 15) is 18.4 Å². The van der Waals surface area contributed by atoms with Crippen molar-refractivity contribution in [3.8, 4) is 11.5 Å². The standard InChI is InChI=1S/C17H12F2N2O4/c18-10-3-5-13(12(19)8-10)21-17(23)16(22)20-9-11-4-6-15(25-11)14-2-1-7-24-14/h1-8H,9H2,(H,20,22)(H,21,23). The average molecular weight is 346 g/mol. The molecule has 6 nitrogen and oxygen atoms in total. The van der Waals surface area contributed by atoms with Crippen molar-refractivity contribution in [3.63, 3.8) is 0 Å². The Morgan fingerprint density at radius 2 is 1.84 bits per heavy atom. The predicted molar refractivity (Wildman–Crippen MR) is 83.2 cm³/mol. The van der Waals surface area contributed by atoms with E-state index in [1.54, 1.807) is 24.3 Å². The van der Waals surface area contributed by atoms with Gasteiger partial charge >= 0.3 is 11.8 Å². The maximum Gasteiger partial charge on any atom is 0.313 e. The number of nitrogens with one attached hydrogen (secondary N) is 2. The lowest BCUT2D eigenvalue weighted by atomic mass is 10.3. The molecule has 0 aliphatic heterocycles. The van der Waals surface area contributed by atoms with Crippen LogP contribution in [0.15, 0.2) is 57.6 Å². The highest BCUT2D eigenvalue weighted by atomic mass is 19.1. The summed E-state index contributed by atoms with van der Waals surface area (Å²) in [6, 6.07) is 9.30. The summed E-state index contributed by atoms with van der Waals surface area (Å²) in [6.45, 7) is -0.0428. The number of hydrogen-bond donors (Lipinski definition) is 2. The van der Waals surface area contributed by atoms with Gasteiger partial charge in [0, 0.05) is 6.07 Å². The van der Waals surface area contributed by atoms with Gasteiger partial charge in [-0.2, -0.15) is 0 Å². The molecule has 128 valence electrons. The molecule has 3 aromatic rings. The zero-order valence-corrected chi connectivity index (χ0v) is 12.7. The number of benzene rings is 1. The summed E-state index contributed by atoms with van der Waals surface area (Å²) in [7, 11) is 0. The Balaban J connectivity index is 1.56. The molecule has 0 unspecified atom stereocenters. The fourth-order valence-corrected chi connectivity index (χ4v) is 2.04. The van der Waals surface area contributed by atoms with Gasteiger partial charge in [-0.3, -0.25) is 9.59 Å². The van der Waals surface area contributed by atoms with E-state index in [2.05, 4.69) is 10.6 Å². The van der Waals surface area contributed by atoms with Crippen molar-refractivity contribution < 1.29 is 27.2 Å². The molecule has 0 aliphatic carbocycles. The van der Waals surface area contributed by atoms with Gasteiger partial charge in [-0.25, -0.2) is 8.78 Å². The van der Waals surface area contributed by atoms with Gasteiger partial charge in [0.1, 0.15) is 17.4 Å². The topological polar surface area (TPSA) is 84.5 Å². The molecule has 0 bridgehead atoms. The number of amides is 2. The van der Waals surface area contributed by atoms with Gasteiger partial charge in [-0.05, 0) is 36.4 Å². The predicted octanol–water partition coefficient (Wildman–Crippen LogP) is 3.07. The molecule has 25 heavy (non-hydrogen) atoms. The lowest BCUT2D eigenvalue weighted by molar-refractivity contribution is -0.136. The van der Waals surface area contributed by atoms with E-state index in [1.165, 1.54) is 6.26 Å². The quantitative estimate of drug-likeness (QED) is 0.711. The van der Waals surface area contributed by atoms with Gasteiger partial charge in [0.2, 0.25) is 0 Å². The molecule has 0 saturated carbocycles. The number of anilines is 1. The van der Waals surface area contributed by atoms with Gasteiger partial charge in [-0.1, -0.05) is 0 Å². The zero-order valence-electron chi connectivity index (χ0n) is 12.7. The molecular weight excluding hydrogens is 334 g/mol.